The van der Waals surface area contributed by atoms with E-state index in [4.69, 9.17) is 5.26 Å². The molecule has 162 valence electrons. The van der Waals surface area contributed by atoms with Crippen LogP contribution in [-0.4, -0.2) is 40.3 Å². The molecule has 0 bridgehead atoms. The third kappa shape index (κ3) is 4.65. The van der Waals surface area contributed by atoms with E-state index in [0.717, 1.165) is 0 Å². The van der Waals surface area contributed by atoms with E-state index in [1.54, 1.807) is 55.7 Å². The Morgan fingerprint density at radius 3 is 2.52 bits per heavy atom. The van der Waals surface area contributed by atoms with Crippen molar-refractivity contribution in [2.75, 3.05) is 24.2 Å². The monoisotopic (exact) mass is 436 g/mol. The minimum Gasteiger partial charge on any atom is -0.372 e. The number of amides is 2. The molecule has 2 aromatic carbocycles. The number of unbranched alkanes of at least 4 members (excludes halogenated alkanes) is 1. The third-order valence-electron chi connectivity index (χ3n) is 5.06. The van der Waals surface area contributed by atoms with Gasteiger partial charge in [0, 0.05) is 25.7 Å². The predicted molar refractivity (Wildman–Crippen MR) is 124 cm³/mol. The smallest absolute Gasteiger partial charge is 0.261 e. The Balaban J connectivity index is 1.36. The number of nitrogens with one attached hydrogen (secondary N) is 2. The van der Waals surface area contributed by atoms with E-state index in [1.165, 1.54) is 4.90 Å². The summed E-state index contributed by atoms with van der Waals surface area (Å²) in [5, 5.41) is 15.1. The summed E-state index contributed by atoms with van der Waals surface area (Å²) in [5.74, 6) is 6.54. The molecule has 1 aliphatic heterocycles. The lowest BCUT2D eigenvalue weighted by Crippen LogP contribution is -2.30. The van der Waals surface area contributed by atoms with Crippen LogP contribution in [0.15, 0.2) is 54.7 Å². The van der Waals surface area contributed by atoms with Crippen LogP contribution < -0.4 is 10.6 Å². The lowest BCUT2D eigenvalue weighted by atomic mass is 10.1. The molecule has 4 rings (SSSR count). The molecule has 0 atom stereocenters. The summed E-state index contributed by atoms with van der Waals surface area (Å²) >= 11 is 0. The highest BCUT2D eigenvalue weighted by Crippen LogP contribution is 2.22. The van der Waals surface area contributed by atoms with Crippen molar-refractivity contribution in [3.05, 3.63) is 77.0 Å². The molecule has 0 saturated heterocycles. The zero-order valence-electron chi connectivity index (χ0n) is 17.9. The standard InChI is InChI=1S/C25H20N6O2/c1-27-22-18(16-28-25(30-22)29-19-10-7-8-17(14-19)15-26)9-3-2-6-13-31-23(32)20-11-4-5-12-21(20)24(31)33/h4-5,7-8,10-12,14,16H,2,6,13H2,1H3,(H2,27,28,29,30). The van der Waals surface area contributed by atoms with Crippen LogP contribution in [0, 0.1) is 23.2 Å². The fourth-order valence-electron chi connectivity index (χ4n) is 3.45. The molecule has 3 aromatic rings. The number of nitriles is 1. The molecule has 8 heteroatoms. The van der Waals surface area contributed by atoms with Crippen LogP contribution in [0.5, 0.6) is 0 Å². The van der Waals surface area contributed by atoms with Crippen molar-refractivity contribution in [1.29, 1.82) is 5.26 Å². The molecular formula is C25H20N6O2. The van der Waals surface area contributed by atoms with Gasteiger partial charge in [-0.2, -0.15) is 10.2 Å². The number of hydrogen-bond donors (Lipinski definition) is 2. The molecule has 2 N–H and O–H groups in total. The van der Waals surface area contributed by atoms with Gasteiger partial charge in [-0.05, 0) is 36.8 Å². The molecule has 1 aromatic heterocycles. The van der Waals surface area contributed by atoms with Crippen molar-refractivity contribution in [1.82, 2.24) is 14.9 Å². The summed E-state index contributed by atoms with van der Waals surface area (Å²) in [7, 11) is 1.75. The Morgan fingerprint density at radius 1 is 1.06 bits per heavy atom. The Hall–Kier alpha value is -4.69. The van der Waals surface area contributed by atoms with Crippen molar-refractivity contribution in [2.45, 2.75) is 12.8 Å². The average Bonchev–Trinajstić information content (AvgIpc) is 3.09. The molecule has 0 unspecified atom stereocenters. The molecule has 0 aliphatic carbocycles. The van der Waals surface area contributed by atoms with Gasteiger partial charge in [0.15, 0.2) is 0 Å². The van der Waals surface area contributed by atoms with E-state index >= 15 is 0 Å². The number of hydrogen-bond acceptors (Lipinski definition) is 7. The second kappa shape index (κ2) is 9.63. The highest BCUT2D eigenvalue weighted by Gasteiger charge is 2.34. The summed E-state index contributed by atoms with van der Waals surface area (Å²) < 4.78 is 0. The second-order valence-electron chi connectivity index (χ2n) is 7.24. The third-order valence-corrected chi connectivity index (χ3v) is 5.06. The van der Waals surface area contributed by atoms with Crippen LogP contribution in [0.2, 0.25) is 0 Å². The van der Waals surface area contributed by atoms with E-state index in [-0.39, 0.29) is 11.8 Å². The molecular weight excluding hydrogens is 416 g/mol. The zero-order valence-corrected chi connectivity index (χ0v) is 17.9. The van der Waals surface area contributed by atoms with Gasteiger partial charge < -0.3 is 10.6 Å². The molecule has 2 amide bonds. The first-order valence-electron chi connectivity index (χ1n) is 10.4. The summed E-state index contributed by atoms with van der Waals surface area (Å²) in [6, 6.07) is 16.0. The molecule has 0 spiro atoms. The SMILES string of the molecule is CNc1nc(Nc2cccc(C#N)c2)ncc1C#CCCCN1C(=O)c2ccccc2C1=O. The van der Waals surface area contributed by atoms with Crippen molar-refractivity contribution in [2.24, 2.45) is 0 Å². The van der Waals surface area contributed by atoms with Gasteiger partial charge in [-0.1, -0.05) is 30.0 Å². The van der Waals surface area contributed by atoms with Gasteiger partial charge in [0.2, 0.25) is 5.95 Å². The van der Waals surface area contributed by atoms with Gasteiger partial charge in [0.1, 0.15) is 5.82 Å². The van der Waals surface area contributed by atoms with E-state index in [2.05, 4.69) is 38.5 Å². The van der Waals surface area contributed by atoms with E-state index in [1.807, 2.05) is 6.07 Å². The fraction of sp³-hybridized carbons (Fsp3) is 0.160. The molecule has 33 heavy (non-hydrogen) atoms. The lowest BCUT2D eigenvalue weighted by Gasteiger charge is -2.12. The number of rotatable bonds is 6. The van der Waals surface area contributed by atoms with Crippen LogP contribution in [0.3, 0.4) is 0 Å². The van der Waals surface area contributed by atoms with Crippen molar-refractivity contribution >= 4 is 29.3 Å². The number of nitrogens with zero attached hydrogens (tertiary/aromatic N) is 4. The largest absolute Gasteiger partial charge is 0.372 e. The second-order valence-corrected chi connectivity index (χ2v) is 7.24. The molecule has 1 aliphatic rings. The minimum absolute atomic E-state index is 0.252. The van der Waals surface area contributed by atoms with E-state index in [9.17, 15) is 9.59 Å². The highest BCUT2D eigenvalue weighted by molar-refractivity contribution is 6.21. The molecule has 2 heterocycles. The number of imide groups is 1. The maximum atomic E-state index is 12.4. The van der Waals surface area contributed by atoms with Crippen LogP contribution in [0.4, 0.5) is 17.5 Å². The van der Waals surface area contributed by atoms with Gasteiger partial charge in [0.25, 0.3) is 11.8 Å². The van der Waals surface area contributed by atoms with Crippen LogP contribution >= 0.6 is 0 Å². The number of aromatic nitrogens is 2. The topological polar surface area (TPSA) is 111 Å². The molecule has 0 radical (unpaired) electrons. The first kappa shape index (κ1) is 21.5. The van der Waals surface area contributed by atoms with Crippen LogP contribution in [0.25, 0.3) is 0 Å². The summed E-state index contributed by atoms with van der Waals surface area (Å²) in [5.41, 5.74) is 2.80. The van der Waals surface area contributed by atoms with Crippen molar-refractivity contribution < 1.29 is 9.59 Å². The Kier molecular flexibility index (Phi) is 6.28. The summed E-state index contributed by atoms with van der Waals surface area (Å²) in [6.07, 6.45) is 2.70. The first-order chi connectivity index (χ1) is 16.1. The van der Waals surface area contributed by atoms with Crippen molar-refractivity contribution in [3.63, 3.8) is 0 Å². The number of anilines is 3. The highest BCUT2D eigenvalue weighted by atomic mass is 16.2. The average molecular weight is 436 g/mol. The maximum absolute atomic E-state index is 12.4. The van der Waals surface area contributed by atoms with Crippen molar-refractivity contribution in [3.8, 4) is 17.9 Å². The Morgan fingerprint density at radius 2 is 1.82 bits per heavy atom. The van der Waals surface area contributed by atoms with E-state index in [0.29, 0.717) is 59.1 Å². The predicted octanol–water partition coefficient (Wildman–Crippen LogP) is 3.56. The first-order valence-corrected chi connectivity index (χ1v) is 10.4. The van der Waals surface area contributed by atoms with Gasteiger partial charge in [0.05, 0.1) is 34.5 Å². The summed E-state index contributed by atoms with van der Waals surface area (Å²) in [6.45, 7) is 0.320. The normalized spacial score (nSPS) is 11.9. The summed E-state index contributed by atoms with van der Waals surface area (Å²) in [4.78, 5) is 34.8. The molecule has 8 nitrogen and oxygen atoms in total. The zero-order chi connectivity index (χ0) is 23.2. The van der Waals surface area contributed by atoms with Gasteiger partial charge in [-0.15, -0.1) is 0 Å². The number of carbonyl (C=O) groups excluding carboxylic acids is 2. The van der Waals surface area contributed by atoms with Gasteiger partial charge in [-0.25, -0.2) is 4.98 Å². The van der Waals surface area contributed by atoms with Gasteiger partial charge >= 0.3 is 0 Å². The Bertz CT molecular complexity index is 1300. The maximum Gasteiger partial charge on any atom is 0.261 e. The minimum atomic E-state index is -0.252. The quantitative estimate of drug-likeness (QED) is 0.345. The molecule has 0 saturated carbocycles. The fourth-order valence-corrected chi connectivity index (χ4v) is 3.45. The Labute approximate surface area is 191 Å². The van der Waals surface area contributed by atoms with Gasteiger partial charge in [-0.3, -0.25) is 14.5 Å². The lowest BCUT2D eigenvalue weighted by molar-refractivity contribution is 0.0653. The number of carbonyl (C=O) groups is 2. The number of fused-ring (bicyclic) bond motifs is 1. The number of benzene rings is 2. The molecule has 0 fully saturated rings. The van der Waals surface area contributed by atoms with E-state index < -0.39 is 0 Å². The van der Waals surface area contributed by atoms with Crippen LogP contribution in [-0.2, 0) is 0 Å². The van der Waals surface area contributed by atoms with Crippen LogP contribution in [0.1, 0.15) is 44.7 Å².